The van der Waals surface area contributed by atoms with E-state index in [0.29, 0.717) is 32.5 Å². The van der Waals surface area contributed by atoms with Crippen molar-refractivity contribution >= 4 is 10.2 Å². The largest absolute Gasteiger partial charge is 0.389 e. The predicted octanol–water partition coefficient (Wildman–Crippen LogP) is -1.03. The summed E-state index contributed by atoms with van der Waals surface area (Å²) < 4.78 is 26.7. The first-order valence-electron chi connectivity index (χ1n) is 5.43. The molecule has 6 nitrogen and oxygen atoms in total. The van der Waals surface area contributed by atoms with Gasteiger partial charge in [-0.2, -0.15) is 17.0 Å². The molecule has 1 heterocycles. The predicted molar refractivity (Wildman–Crippen MR) is 62.0 cm³/mol. The Kier molecular flexibility index (Phi) is 4.30. The van der Waals surface area contributed by atoms with E-state index in [1.807, 2.05) is 0 Å². The third-order valence-corrected chi connectivity index (χ3v) is 4.75. The molecule has 1 rings (SSSR count). The van der Waals surface area contributed by atoms with Gasteiger partial charge in [-0.1, -0.05) is 0 Å². The second-order valence-corrected chi connectivity index (χ2v) is 6.59. The van der Waals surface area contributed by atoms with E-state index in [2.05, 4.69) is 0 Å². The molecule has 16 heavy (non-hydrogen) atoms. The first-order chi connectivity index (χ1) is 7.29. The molecule has 1 fully saturated rings. The summed E-state index contributed by atoms with van der Waals surface area (Å²) in [5.41, 5.74) is 4.44. The molecular formula is C9H21N3O3S. The highest BCUT2D eigenvalue weighted by atomic mass is 32.2. The molecule has 0 bridgehead atoms. The summed E-state index contributed by atoms with van der Waals surface area (Å²) in [5, 5.41) is 9.74. The van der Waals surface area contributed by atoms with Crippen LogP contribution in [0.15, 0.2) is 0 Å². The van der Waals surface area contributed by atoms with Gasteiger partial charge in [0.1, 0.15) is 0 Å². The van der Waals surface area contributed by atoms with Crippen molar-refractivity contribution in [1.82, 2.24) is 8.61 Å². The Morgan fingerprint density at radius 3 is 2.62 bits per heavy atom. The standard InChI is InChI=1S/C9H21N3O3S/c1-9(13)4-7-12(8-9)16(14,15)11(2)6-3-5-10/h13H,3-8,10H2,1-2H3. The lowest BCUT2D eigenvalue weighted by Crippen LogP contribution is -2.43. The summed E-state index contributed by atoms with van der Waals surface area (Å²) in [6.45, 7) is 3.09. The number of hydrogen-bond acceptors (Lipinski definition) is 4. The maximum atomic E-state index is 12.0. The molecule has 96 valence electrons. The van der Waals surface area contributed by atoms with Crippen molar-refractivity contribution in [3.63, 3.8) is 0 Å². The van der Waals surface area contributed by atoms with Gasteiger partial charge in [-0.05, 0) is 26.3 Å². The SMILES string of the molecule is CN(CCCN)S(=O)(=O)N1CCC(C)(O)C1. The van der Waals surface area contributed by atoms with Crippen LogP contribution in [-0.4, -0.2) is 61.0 Å². The first-order valence-corrected chi connectivity index (χ1v) is 6.83. The number of nitrogens with zero attached hydrogens (tertiary/aromatic N) is 2. The second kappa shape index (κ2) is 4.97. The molecule has 3 N–H and O–H groups in total. The monoisotopic (exact) mass is 251 g/mol. The Labute approximate surface area is 97.2 Å². The summed E-state index contributed by atoms with van der Waals surface area (Å²) in [4.78, 5) is 0. The Hall–Kier alpha value is -0.210. The van der Waals surface area contributed by atoms with Crippen LogP contribution in [-0.2, 0) is 10.2 Å². The average molecular weight is 251 g/mol. The van der Waals surface area contributed by atoms with Gasteiger partial charge in [0.15, 0.2) is 0 Å². The third-order valence-electron chi connectivity index (χ3n) is 2.81. The second-order valence-electron chi connectivity index (χ2n) is 4.55. The zero-order valence-electron chi connectivity index (χ0n) is 9.89. The van der Waals surface area contributed by atoms with Gasteiger partial charge >= 0.3 is 0 Å². The lowest BCUT2D eigenvalue weighted by atomic mass is 10.1. The average Bonchev–Trinajstić information content (AvgIpc) is 2.55. The highest BCUT2D eigenvalue weighted by Crippen LogP contribution is 2.23. The zero-order valence-corrected chi connectivity index (χ0v) is 10.7. The van der Waals surface area contributed by atoms with Crippen molar-refractivity contribution in [3.05, 3.63) is 0 Å². The minimum Gasteiger partial charge on any atom is -0.389 e. The molecule has 1 saturated heterocycles. The summed E-state index contributed by atoms with van der Waals surface area (Å²) in [7, 11) is -1.89. The summed E-state index contributed by atoms with van der Waals surface area (Å²) in [6.07, 6.45) is 1.12. The van der Waals surface area contributed by atoms with Gasteiger partial charge in [0.25, 0.3) is 10.2 Å². The molecule has 0 amide bonds. The minimum absolute atomic E-state index is 0.169. The molecule has 0 aromatic heterocycles. The van der Waals surface area contributed by atoms with Crippen LogP contribution in [0.5, 0.6) is 0 Å². The highest BCUT2D eigenvalue weighted by Gasteiger charge is 2.39. The number of rotatable bonds is 5. The summed E-state index contributed by atoms with van der Waals surface area (Å²) >= 11 is 0. The number of β-amino-alcohol motifs (C(OH)–C–C–N with tert-alkyl or cyclic N) is 1. The van der Waals surface area contributed by atoms with E-state index in [0.717, 1.165) is 0 Å². The Morgan fingerprint density at radius 1 is 1.56 bits per heavy atom. The van der Waals surface area contributed by atoms with E-state index in [9.17, 15) is 13.5 Å². The van der Waals surface area contributed by atoms with E-state index in [1.165, 1.54) is 15.7 Å². The van der Waals surface area contributed by atoms with Gasteiger partial charge in [-0.3, -0.25) is 0 Å². The van der Waals surface area contributed by atoms with Gasteiger partial charge in [0, 0.05) is 26.7 Å². The van der Waals surface area contributed by atoms with Gasteiger partial charge in [0.05, 0.1) is 5.60 Å². The molecule has 1 atom stereocenters. The van der Waals surface area contributed by atoms with Crippen LogP contribution < -0.4 is 5.73 Å². The van der Waals surface area contributed by atoms with E-state index in [-0.39, 0.29) is 6.54 Å². The zero-order chi connectivity index (χ0) is 12.4. The molecular weight excluding hydrogens is 230 g/mol. The molecule has 1 aliphatic heterocycles. The maximum absolute atomic E-state index is 12.0. The molecule has 7 heteroatoms. The van der Waals surface area contributed by atoms with E-state index in [4.69, 9.17) is 5.73 Å². The topological polar surface area (TPSA) is 86.9 Å². The normalized spacial score (nSPS) is 27.8. The number of aliphatic hydroxyl groups is 1. The number of nitrogens with two attached hydrogens (primary N) is 1. The van der Waals surface area contributed by atoms with Gasteiger partial charge < -0.3 is 10.8 Å². The van der Waals surface area contributed by atoms with Crippen molar-refractivity contribution in [3.8, 4) is 0 Å². The fraction of sp³-hybridized carbons (Fsp3) is 1.00. The van der Waals surface area contributed by atoms with E-state index >= 15 is 0 Å². The van der Waals surface area contributed by atoms with Crippen molar-refractivity contribution < 1.29 is 13.5 Å². The summed E-state index contributed by atoms with van der Waals surface area (Å²) in [6, 6.07) is 0. The first kappa shape index (κ1) is 13.9. The Balaban J connectivity index is 2.64. The molecule has 0 aliphatic carbocycles. The smallest absolute Gasteiger partial charge is 0.281 e. The van der Waals surface area contributed by atoms with Crippen molar-refractivity contribution in [2.75, 3.05) is 33.2 Å². The number of hydrogen-bond donors (Lipinski definition) is 2. The maximum Gasteiger partial charge on any atom is 0.281 e. The van der Waals surface area contributed by atoms with Crippen LogP contribution in [0, 0.1) is 0 Å². The molecule has 1 unspecified atom stereocenters. The van der Waals surface area contributed by atoms with Crippen LogP contribution >= 0.6 is 0 Å². The van der Waals surface area contributed by atoms with Crippen molar-refractivity contribution in [2.24, 2.45) is 5.73 Å². The van der Waals surface area contributed by atoms with Crippen LogP contribution in [0.1, 0.15) is 19.8 Å². The van der Waals surface area contributed by atoms with Crippen LogP contribution in [0.25, 0.3) is 0 Å². The van der Waals surface area contributed by atoms with Crippen molar-refractivity contribution in [1.29, 1.82) is 0 Å². The van der Waals surface area contributed by atoms with Crippen LogP contribution in [0.4, 0.5) is 0 Å². The van der Waals surface area contributed by atoms with Gasteiger partial charge in [-0.15, -0.1) is 0 Å². The molecule has 0 radical (unpaired) electrons. The quantitative estimate of drug-likeness (QED) is 0.654. The lowest BCUT2D eigenvalue weighted by Gasteiger charge is -2.24. The van der Waals surface area contributed by atoms with E-state index < -0.39 is 15.8 Å². The van der Waals surface area contributed by atoms with Gasteiger partial charge in [-0.25, -0.2) is 0 Å². The molecule has 0 saturated carbocycles. The summed E-state index contributed by atoms with van der Waals surface area (Å²) in [5.74, 6) is 0. The molecule has 0 aromatic rings. The Bertz CT molecular complexity index is 329. The highest BCUT2D eigenvalue weighted by molar-refractivity contribution is 7.86. The van der Waals surface area contributed by atoms with E-state index in [1.54, 1.807) is 6.92 Å². The minimum atomic E-state index is -3.43. The third kappa shape index (κ3) is 3.14. The van der Waals surface area contributed by atoms with Crippen molar-refractivity contribution in [2.45, 2.75) is 25.4 Å². The molecule has 1 aliphatic rings. The fourth-order valence-corrected chi connectivity index (χ4v) is 3.24. The molecule has 0 spiro atoms. The van der Waals surface area contributed by atoms with Gasteiger partial charge in [0.2, 0.25) is 0 Å². The van der Waals surface area contributed by atoms with Crippen LogP contribution in [0.3, 0.4) is 0 Å². The van der Waals surface area contributed by atoms with Crippen LogP contribution in [0.2, 0.25) is 0 Å². The molecule has 0 aromatic carbocycles. The lowest BCUT2D eigenvalue weighted by molar-refractivity contribution is 0.0758. The fourth-order valence-electron chi connectivity index (χ4n) is 1.73. The Morgan fingerprint density at radius 2 is 2.19 bits per heavy atom.